The quantitative estimate of drug-likeness (QED) is 0.636. The van der Waals surface area contributed by atoms with Gasteiger partial charge in [0, 0.05) is 32.2 Å². The second kappa shape index (κ2) is 9.03. The molecule has 1 aromatic heterocycles. The molecule has 0 unspecified atom stereocenters. The van der Waals surface area contributed by atoms with Crippen molar-refractivity contribution in [1.29, 1.82) is 0 Å². The Morgan fingerprint density at radius 1 is 1.13 bits per heavy atom. The average molecular weight is 445 g/mol. The van der Waals surface area contributed by atoms with Crippen molar-refractivity contribution in [2.45, 2.75) is 13.5 Å². The highest BCUT2D eigenvalue weighted by Gasteiger charge is 2.23. The summed E-state index contributed by atoms with van der Waals surface area (Å²) in [4.78, 5) is 21.3. The van der Waals surface area contributed by atoms with E-state index in [1.807, 2.05) is 25.1 Å². The van der Waals surface area contributed by atoms with Gasteiger partial charge in [0.05, 0.1) is 31.5 Å². The maximum atomic E-state index is 12.8. The van der Waals surface area contributed by atoms with Crippen LogP contribution < -0.4 is 14.8 Å². The van der Waals surface area contributed by atoms with Crippen molar-refractivity contribution >= 4 is 34.4 Å². The van der Waals surface area contributed by atoms with Crippen LogP contribution in [0.2, 0.25) is 5.02 Å². The van der Waals surface area contributed by atoms with Crippen molar-refractivity contribution < 1.29 is 18.7 Å². The Morgan fingerprint density at radius 2 is 1.87 bits per heavy atom. The Kier molecular flexibility index (Phi) is 6.20. The highest BCUT2D eigenvalue weighted by Crippen LogP contribution is 2.36. The van der Waals surface area contributed by atoms with Crippen molar-refractivity contribution in [2.24, 2.45) is 0 Å². The van der Waals surface area contributed by atoms with Crippen LogP contribution in [0.5, 0.6) is 11.5 Å². The molecular formula is C22H25ClN4O4. The average Bonchev–Trinajstić information content (AvgIpc) is 3.15. The molecule has 0 aliphatic carbocycles. The minimum atomic E-state index is -0.198. The fourth-order valence-electron chi connectivity index (χ4n) is 3.60. The maximum absolute atomic E-state index is 12.8. The van der Waals surface area contributed by atoms with Gasteiger partial charge in [-0.05, 0) is 30.7 Å². The van der Waals surface area contributed by atoms with Gasteiger partial charge >= 0.3 is 6.03 Å². The molecule has 1 aliphatic rings. The normalized spacial score (nSPS) is 14.6. The molecule has 0 bridgehead atoms. The molecule has 0 atom stereocenters. The number of amides is 2. The van der Waals surface area contributed by atoms with Gasteiger partial charge in [-0.3, -0.25) is 4.90 Å². The summed E-state index contributed by atoms with van der Waals surface area (Å²) in [6.45, 7) is 5.29. The summed E-state index contributed by atoms with van der Waals surface area (Å²) in [7, 11) is 3.06. The first-order valence-corrected chi connectivity index (χ1v) is 10.4. The molecular weight excluding hydrogens is 420 g/mol. The number of rotatable bonds is 5. The zero-order chi connectivity index (χ0) is 22.0. The monoisotopic (exact) mass is 444 g/mol. The number of piperazine rings is 1. The van der Waals surface area contributed by atoms with Crippen LogP contribution in [0.1, 0.15) is 11.5 Å². The summed E-state index contributed by atoms with van der Waals surface area (Å²) >= 11 is 6.19. The van der Waals surface area contributed by atoms with Gasteiger partial charge in [-0.1, -0.05) is 17.7 Å². The number of carbonyl (C=O) groups is 1. The van der Waals surface area contributed by atoms with Crippen molar-refractivity contribution in [3.05, 3.63) is 46.8 Å². The number of methoxy groups -OCH3 is 2. The number of anilines is 1. The number of hydrogen-bond donors (Lipinski definition) is 1. The Morgan fingerprint density at radius 3 is 2.58 bits per heavy atom. The van der Waals surface area contributed by atoms with Gasteiger partial charge < -0.3 is 24.1 Å². The van der Waals surface area contributed by atoms with Crippen LogP contribution >= 0.6 is 11.6 Å². The summed E-state index contributed by atoms with van der Waals surface area (Å²) in [5, 5.41) is 3.28. The molecule has 164 valence electrons. The number of benzene rings is 2. The van der Waals surface area contributed by atoms with E-state index < -0.39 is 0 Å². The zero-order valence-corrected chi connectivity index (χ0v) is 18.5. The third-order valence-corrected chi connectivity index (χ3v) is 5.62. The number of oxazole rings is 1. The second-order valence-corrected chi connectivity index (χ2v) is 7.87. The Bertz CT molecular complexity index is 1090. The molecule has 1 fully saturated rings. The zero-order valence-electron chi connectivity index (χ0n) is 17.8. The first-order valence-electron chi connectivity index (χ1n) is 10.0. The lowest BCUT2D eigenvalue weighted by Crippen LogP contribution is -2.49. The van der Waals surface area contributed by atoms with Crippen LogP contribution in [0.3, 0.4) is 0 Å². The lowest BCUT2D eigenvalue weighted by atomic mass is 10.2. The SMILES string of the molecule is COc1cc(OC)c(NC(=O)N2CCN(Cc3nc4ccc(C)cc4o3)CC2)cc1Cl. The van der Waals surface area contributed by atoms with Gasteiger partial charge in [-0.2, -0.15) is 0 Å². The minimum Gasteiger partial charge on any atom is -0.495 e. The van der Waals surface area contributed by atoms with E-state index in [1.54, 1.807) is 17.0 Å². The first kappa shape index (κ1) is 21.3. The fraction of sp³-hybridized carbons (Fsp3) is 0.364. The number of carbonyl (C=O) groups excluding carboxylic acids is 1. The number of aromatic nitrogens is 1. The van der Waals surface area contributed by atoms with E-state index >= 15 is 0 Å². The Labute approximate surface area is 185 Å². The van der Waals surface area contributed by atoms with Crippen LogP contribution in [0.15, 0.2) is 34.7 Å². The predicted molar refractivity (Wildman–Crippen MR) is 119 cm³/mol. The molecule has 3 aromatic rings. The van der Waals surface area contributed by atoms with Crippen LogP contribution in [0.4, 0.5) is 10.5 Å². The number of nitrogens with zero attached hydrogens (tertiary/aromatic N) is 3. The molecule has 1 saturated heterocycles. The van der Waals surface area contributed by atoms with E-state index in [4.69, 9.17) is 25.5 Å². The van der Waals surface area contributed by atoms with Crippen molar-refractivity contribution in [3.8, 4) is 11.5 Å². The molecule has 2 amide bonds. The van der Waals surface area contributed by atoms with Crippen LogP contribution in [-0.4, -0.2) is 61.2 Å². The van der Waals surface area contributed by atoms with Gasteiger partial charge in [0.15, 0.2) is 5.58 Å². The maximum Gasteiger partial charge on any atom is 0.322 e. The molecule has 4 rings (SSSR count). The third kappa shape index (κ3) is 4.70. The second-order valence-electron chi connectivity index (χ2n) is 7.46. The molecule has 2 heterocycles. The van der Waals surface area contributed by atoms with E-state index in [-0.39, 0.29) is 6.03 Å². The van der Waals surface area contributed by atoms with Crippen molar-refractivity contribution in [2.75, 3.05) is 45.7 Å². The summed E-state index contributed by atoms with van der Waals surface area (Å²) < 4.78 is 16.4. The molecule has 31 heavy (non-hydrogen) atoms. The predicted octanol–water partition coefficient (Wildman–Crippen LogP) is 4.16. The molecule has 1 aliphatic heterocycles. The minimum absolute atomic E-state index is 0.198. The van der Waals surface area contributed by atoms with Crippen LogP contribution in [0.25, 0.3) is 11.1 Å². The van der Waals surface area contributed by atoms with E-state index in [0.717, 1.165) is 29.8 Å². The summed E-state index contributed by atoms with van der Waals surface area (Å²) in [5.74, 6) is 1.66. The highest BCUT2D eigenvalue weighted by molar-refractivity contribution is 6.32. The van der Waals surface area contributed by atoms with Gasteiger partial charge in [0.1, 0.15) is 17.0 Å². The number of fused-ring (bicyclic) bond motifs is 1. The topological polar surface area (TPSA) is 80.1 Å². The van der Waals surface area contributed by atoms with Gasteiger partial charge in [-0.15, -0.1) is 0 Å². The molecule has 1 N–H and O–H groups in total. The van der Waals surface area contributed by atoms with Crippen LogP contribution in [-0.2, 0) is 6.54 Å². The van der Waals surface area contributed by atoms with Crippen LogP contribution in [0, 0.1) is 6.92 Å². The van der Waals surface area contributed by atoms with E-state index in [2.05, 4.69) is 15.2 Å². The van der Waals surface area contributed by atoms with E-state index in [9.17, 15) is 4.79 Å². The number of halogens is 1. The molecule has 0 radical (unpaired) electrons. The lowest BCUT2D eigenvalue weighted by molar-refractivity contribution is 0.136. The highest BCUT2D eigenvalue weighted by atomic mass is 35.5. The summed E-state index contributed by atoms with van der Waals surface area (Å²) in [6.07, 6.45) is 0. The van der Waals surface area contributed by atoms with Gasteiger partial charge in [0.2, 0.25) is 5.89 Å². The first-order chi connectivity index (χ1) is 15.0. The lowest BCUT2D eigenvalue weighted by Gasteiger charge is -2.34. The van der Waals surface area contributed by atoms with Gasteiger partial charge in [0.25, 0.3) is 0 Å². The fourth-order valence-corrected chi connectivity index (χ4v) is 3.84. The number of ether oxygens (including phenoxy) is 2. The molecule has 2 aromatic carbocycles. The largest absolute Gasteiger partial charge is 0.495 e. The number of hydrogen-bond acceptors (Lipinski definition) is 6. The number of urea groups is 1. The number of nitrogens with one attached hydrogen (secondary N) is 1. The number of aryl methyl sites for hydroxylation is 1. The third-order valence-electron chi connectivity index (χ3n) is 5.32. The Hall–Kier alpha value is -2.97. The molecule has 8 nitrogen and oxygen atoms in total. The van der Waals surface area contributed by atoms with Crippen molar-refractivity contribution in [1.82, 2.24) is 14.8 Å². The molecule has 0 saturated carbocycles. The van der Waals surface area contributed by atoms with E-state index in [0.29, 0.717) is 47.7 Å². The standard InChI is InChI=1S/C22H25ClN4O4/c1-14-4-5-16-20(10-14)31-21(24-16)13-26-6-8-27(9-7-26)22(28)25-17-11-15(23)18(29-2)12-19(17)30-3/h4-5,10-12H,6-9,13H2,1-3H3,(H,25,28). The van der Waals surface area contributed by atoms with Crippen molar-refractivity contribution in [3.63, 3.8) is 0 Å². The molecule has 9 heteroatoms. The summed E-state index contributed by atoms with van der Waals surface area (Å²) in [6, 6.07) is 9.07. The molecule has 0 spiro atoms. The smallest absolute Gasteiger partial charge is 0.322 e. The van der Waals surface area contributed by atoms with E-state index in [1.165, 1.54) is 14.2 Å². The van der Waals surface area contributed by atoms with Gasteiger partial charge in [-0.25, -0.2) is 9.78 Å². The summed E-state index contributed by atoms with van der Waals surface area (Å²) in [5.41, 5.74) is 3.32. The Balaban J connectivity index is 1.35.